The van der Waals surface area contributed by atoms with Gasteiger partial charge in [-0.15, -0.1) is 0 Å². The number of carbonyl (C=O) groups is 1. The summed E-state index contributed by atoms with van der Waals surface area (Å²) in [6.07, 6.45) is 0. The van der Waals surface area contributed by atoms with E-state index in [1.807, 2.05) is 0 Å². The topological polar surface area (TPSA) is 160 Å². The van der Waals surface area contributed by atoms with Crippen LogP contribution in [0, 0.1) is 0 Å². The number of aromatic nitrogens is 1. The number of benzene rings is 3. The molecule has 180 valence electrons. The van der Waals surface area contributed by atoms with Crippen LogP contribution in [-0.4, -0.2) is 95.4 Å². The maximum atomic E-state index is 13.6. The number of nitrogens with zero attached hydrogens (tertiary/aromatic N) is 1. The van der Waals surface area contributed by atoms with Gasteiger partial charge in [-0.25, -0.2) is 0 Å². The fourth-order valence-electron chi connectivity index (χ4n) is 4.28. The number of rotatable bonds is 4. The number of carbonyl (C=O) groups excluding carboxylic acids is 1. The molecule has 0 amide bonds. The summed E-state index contributed by atoms with van der Waals surface area (Å²) in [5.41, 5.74) is 1.78. The van der Waals surface area contributed by atoms with Crippen molar-refractivity contribution in [2.24, 2.45) is 7.05 Å². The first-order valence-electron chi connectivity index (χ1n) is 10.0. The predicted octanol–water partition coefficient (Wildman–Crippen LogP) is 2.23. The molecule has 1 aliphatic rings. The summed E-state index contributed by atoms with van der Waals surface area (Å²) in [7, 11) is -8.13. The molecule has 2 radical (unpaired) electrons. The summed E-state index contributed by atoms with van der Waals surface area (Å²) in [6.45, 7) is 0. The van der Waals surface area contributed by atoms with E-state index in [1.54, 1.807) is 37.4 Å². The maximum absolute atomic E-state index is 13.6. The number of hydrogen-bond donors (Lipinski definition) is 3. The van der Waals surface area contributed by atoms with E-state index in [1.165, 1.54) is 16.7 Å². The number of anilines is 2. The summed E-state index contributed by atoms with van der Waals surface area (Å²) >= 11 is 0. The first-order valence-corrected chi connectivity index (χ1v) is 12.9. The van der Waals surface area contributed by atoms with Crippen LogP contribution in [-0.2, 0) is 27.3 Å². The molecule has 0 bridgehead atoms. The third-order valence-corrected chi connectivity index (χ3v) is 7.64. The molecule has 10 nitrogen and oxygen atoms in total. The zero-order chi connectivity index (χ0) is 25.3. The molecule has 0 saturated carbocycles. The second-order valence-corrected chi connectivity index (χ2v) is 10.8. The summed E-state index contributed by atoms with van der Waals surface area (Å²) < 4.78 is 67.3. The van der Waals surface area contributed by atoms with E-state index in [4.69, 9.17) is 0 Å². The van der Waals surface area contributed by atoms with Crippen LogP contribution < -0.4 is 10.9 Å². The molecule has 1 heterocycles. The van der Waals surface area contributed by atoms with Gasteiger partial charge in [-0.2, -0.15) is 16.8 Å². The van der Waals surface area contributed by atoms with E-state index in [0.717, 1.165) is 12.1 Å². The van der Waals surface area contributed by atoms with Crippen LogP contribution in [0.1, 0.15) is 15.9 Å². The van der Waals surface area contributed by atoms with Gasteiger partial charge in [-0.05, 0) is 41.5 Å². The Labute approximate surface area is 255 Å². The Bertz CT molecular complexity index is 1890. The van der Waals surface area contributed by atoms with Crippen molar-refractivity contribution in [2.75, 3.05) is 5.32 Å². The normalized spacial score (nSPS) is 12.4. The molecular weight excluding hydrogens is 542 g/mol. The van der Waals surface area contributed by atoms with Crippen molar-refractivity contribution < 1.29 is 30.7 Å². The van der Waals surface area contributed by atoms with Crippen LogP contribution in [0.15, 0.2) is 75.2 Å². The van der Waals surface area contributed by atoms with Crippen LogP contribution in [0.4, 0.5) is 11.4 Å². The standard InChI is InChI=1S/C23H16N2O8S2.2Na/c1-25-18-9-8-17(24-16-7-6-12(34(28,29)30)10-19(16)35(31,32)33)22-21(18)15(11-20(25)26)13-4-2-3-5-14(13)23(22)27;;/h2-11,24H,1H3,(H,28,29,30)(H,31,32,33);;. The van der Waals surface area contributed by atoms with E-state index in [2.05, 4.69) is 5.32 Å². The first kappa shape index (κ1) is 29.7. The van der Waals surface area contributed by atoms with Crippen LogP contribution >= 0.6 is 0 Å². The third kappa shape index (κ3) is 5.11. The van der Waals surface area contributed by atoms with Crippen molar-refractivity contribution in [3.63, 3.8) is 0 Å². The molecule has 4 aromatic rings. The monoisotopic (exact) mass is 558 g/mol. The summed E-state index contributed by atoms with van der Waals surface area (Å²) in [4.78, 5) is 24.6. The van der Waals surface area contributed by atoms with E-state index < -0.39 is 30.0 Å². The number of fused-ring (bicyclic) bond motifs is 2. The van der Waals surface area contributed by atoms with Crippen molar-refractivity contribution in [3.8, 4) is 11.1 Å². The van der Waals surface area contributed by atoms with Crippen molar-refractivity contribution in [3.05, 3.63) is 82.1 Å². The maximum Gasteiger partial charge on any atom is 0.296 e. The van der Waals surface area contributed by atoms with Gasteiger partial charge in [0.05, 0.1) is 27.4 Å². The summed E-state index contributed by atoms with van der Waals surface area (Å²) in [6, 6.07) is 13.9. The quantitative estimate of drug-likeness (QED) is 0.222. The molecule has 14 heteroatoms. The van der Waals surface area contributed by atoms with Gasteiger partial charge >= 0.3 is 0 Å². The molecular formula is C23H16N2Na2O8S2. The number of ketones is 1. The molecule has 0 spiro atoms. The molecule has 1 aromatic heterocycles. The number of pyridine rings is 1. The molecule has 1 aliphatic carbocycles. The smallest absolute Gasteiger partial charge is 0.296 e. The van der Waals surface area contributed by atoms with Gasteiger partial charge in [-0.3, -0.25) is 18.7 Å². The summed E-state index contributed by atoms with van der Waals surface area (Å²) in [5, 5.41) is 3.28. The zero-order valence-electron chi connectivity index (χ0n) is 19.9. The molecule has 3 aromatic carbocycles. The molecule has 5 rings (SSSR count). The van der Waals surface area contributed by atoms with Crippen molar-refractivity contribution >= 4 is 107 Å². The second kappa shape index (κ2) is 10.4. The fraction of sp³-hybridized carbons (Fsp3) is 0.0435. The van der Waals surface area contributed by atoms with Gasteiger partial charge in [-0.1, -0.05) is 24.3 Å². The Morgan fingerprint density at radius 3 is 2.00 bits per heavy atom. The first-order chi connectivity index (χ1) is 16.4. The number of aryl methyl sites for hydroxylation is 1. The Balaban J connectivity index is 0.00000190. The minimum absolute atomic E-state index is 0. The van der Waals surface area contributed by atoms with Crippen molar-refractivity contribution in [1.82, 2.24) is 4.57 Å². The number of nitrogens with one attached hydrogen (secondary N) is 1. The van der Waals surface area contributed by atoms with Gasteiger partial charge in [0.25, 0.3) is 25.8 Å². The van der Waals surface area contributed by atoms with Crippen molar-refractivity contribution in [1.29, 1.82) is 0 Å². The van der Waals surface area contributed by atoms with Crippen LogP contribution in [0.25, 0.3) is 22.0 Å². The SMILES string of the molecule is Cn1c(=O)cc2c3c(c(Nc4ccc(S(=O)(=O)O)cc4S(=O)(=O)O)ccc31)C(=O)c1ccccc1-2.[Na].[Na]. The minimum Gasteiger partial charge on any atom is -0.354 e. The van der Waals surface area contributed by atoms with Crippen molar-refractivity contribution in [2.45, 2.75) is 9.79 Å². The molecule has 37 heavy (non-hydrogen) atoms. The number of hydrogen-bond acceptors (Lipinski definition) is 7. The van der Waals surface area contributed by atoms with E-state index in [0.29, 0.717) is 33.7 Å². The van der Waals surface area contributed by atoms with Gasteiger partial charge in [0.15, 0.2) is 5.78 Å². The molecule has 0 atom stereocenters. The average Bonchev–Trinajstić information content (AvgIpc) is 2.79. The molecule has 0 unspecified atom stereocenters. The van der Waals surface area contributed by atoms with Gasteiger partial charge in [0.2, 0.25) is 0 Å². The van der Waals surface area contributed by atoms with E-state index in [-0.39, 0.29) is 87.4 Å². The Kier molecular flexibility index (Phi) is 8.33. The third-order valence-electron chi connectivity index (χ3n) is 5.90. The van der Waals surface area contributed by atoms with Crippen LogP contribution in [0.5, 0.6) is 0 Å². The molecule has 3 N–H and O–H groups in total. The fourth-order valence-corrected chi connectivity index (χ4v) is 5.54. The summed E-state index contributed by atoms with van der Waals surface area (Å²) in [5.74, 6) is -0.372. The minimum atomic E-state index is -4.94. The van der Waals surface area contributed by atoms with Gasteiger partial charge in [0.1, 0.15) is 4.90 Å². The zero-order valence-corrected chi connectivity index (χ0v) is 25.5. The molecule has 0 aliphatic heterocycles. The van der Waals surface area contributed by atoms with E-state index in [9.17, 15) is 35.5 Å². The largest absolute Gasteiger partial charge is 0.354 e. The average molecular weight is 559 g/mol. The molecule has 0 fully saturated rings. The van der Waals surface area contributed by atoms with Crippen LogP contribution in [0.2, 0.25) is 0 Å². The van der Waals surface area contributed by atoms with E-state index >= 15 is 0 Å². The second-order valence-electron chi connectivity index (χ2n) is 7.95. The Morgan fingerprint density at radius 2 is 1.38 bits per heavy atom. The van der Waals surface area contributed by atoms with Gasteiger partial charge in [0, 0.05) is 83.2 Å². The molecule has 0 saturated heterocycles. The predicted molar refractivity (Wildman–Crippen MR) is 139 cm³/mol. The Morgan fingerprint density at radius 1 is 0.757 bits per heavy atom. The Hall–Kier alpha value is -1.84. The van der Waals surface area contributed by atoms with Gasteiger partial charge < -0.3 is 9.88 Å². The van der Waals surface area contributed by atoms with Crippen LogP contribution in [0.3, 0.4) is 0 Å².